The molecule has 3 saturated heterocycles. The summed E-state index contributed by atoms with van der Waals surface area (Å²) in [6.45, 7) is 20.7. The van der Waals surface area contributed by atoms with Crippen LogP contribution in [-0.2, 0) is 20.9 Å². The molecule has 0 saturated carbocycles. The predicted octanol–water partition coefficient (Wildman–Crippen LogP) is 5.62. The molecule has 3 aliphatic heterocycles. The first kappa shape index (κ1) is 35.7. The molecule has 3 unspecified atom stereocenters. The number of carbonyl (C=O) groups is 3. The highest BCUT2D eigenvalue weighted by Crippen LogP contribution is 2.69. The topological polar surface area (TPSA) is 84.4 Å². The van der Waals surface area contributed by atoms with E-state index in [1.807, 2.05) is 68.4 Å². The monoisotopic (exact) mass is 672 g/mol. The number of aliphatic hydroxyl groups is 1. The molecule has 2 aromatic carbocycles. The maximum absolute atomic E-state index is 15.2. The van der Waals surface area contributed by atoms with Crippen molar-refractivity contribution >= 4 is 40.9 Å². The maximum Gasteiger partial charge on any atom is 0.251 e. The van der Waals surface area contributed by atoms with Crippen molar-refractivity contribution in [2.24, 2.45) is 23.7 Å². The van der Waals surface area contributed by atoms with Crippen LogP contribution in [0.3, 0.4) is 0 Å². The molecule has 9 heteroatoms. The van der Waals surface area contributed by atoms with Crippen molar-refractivity contribution in [2.45, 2.75) is 69.7 Å². The fourth-order valence-electron chi connectivity index (χ4n) is 8.43. The van der Waals surface area contributed by atoms with Gasteiger partial charge in [0.2, 0.25) is 11.8 Å². The van der Waals surface area contributed by atoms with E-state index in [0.29, 0.717) is 13.1 Å². The number of amides is 3. The lowest BCUT2D eigenvalue weighted by Crippen LogP contribution is -2.60. The van der Waals surface area contributed by atoms with Gasteiger partial charge in [0.25, 0.3) is 5.91 Å². The molecule has 5 rings (SSSR count). The molecule has 1 N–H and O–H groups in total. The SMILES string of the molecule is C=CCN(Cc1ccccc1)C(=O)[C@@H]1[C@H]2C(=O)N([C@@H](CO)C(C)C)C(C(=O)N(CC=C)c3ccc(N(CC)CC)cc3)C23S[C@@H]1CC3C. The predicted molar refractivity (Wildman–Crippen MR) is 196 cm³/mol. The number of hydrogen-bond acceptors (Lipinski definition) is 6. The first-order chi connectivity index (χ1) is 23.1. The molecule has 2 aromatic rings. The molecule has 3 fully saturated rings. The summed E-state index contributed by atoms with van der Waals surface area (Å²) in [4.78, 5) is 52.1. The minimum absolute atomic E-state index is 0.00792. The summed E-state index contributed by atoms with van der Waals surface area (Å²) in [6.07, 6.45) is 4.18. The van der Waals surface area contributed by atoms with E-state index in [1.54, 1.807) is 38.6 Å². The molecule has 48 heavy (non-hydrogen) atoms. The summed E-state index contributed by atoms with van der Waals surface area (Å²) >= 11 is 1.66. The lowest BCUT2D eigenvalue weighted by Gasteiger charge is -2.43. The lowest BCUT2D eigenvalue weighted by molar-refractivity contribution is -0.146. The molecular formula is C39H52N4O4S. The van der Waals surface area contributed by atoms with Crippen molar-refractivity contribution in [3.8, 4) is 0 Å². The molecule has 2 bridgehead atoms. The summed E-state index contributed by atoms with van der Waals surface area (Å²) < 4.78 is -0.811. The van der Waals surface area contributed by atoms with Gasteiger partial charge in [-0.25, -0.2) is 0 Å². The molecule has 0 radical (unpaired) electrons. The van der Waals surface area contributed by atoms with Gasteiger partial charge in [-0.05, 0) is 61.9 Å². The Morgan fingerprint density at radius 1 is 1.00 bits per heavy atom. The number of fused-ring (bicyclic) bond motifs is 1. The summed E-state index contributed by atoms with van der Waals surface area (Å²) in [5.74, 6) is -1.81. The maximum atomic E-state index is 15.2. The zero-order chi connectivity index (χ0) is 34.7. The van der Waals surface area contributed by atoms with Gasteiger partial charge in [0, 0.05) is 49.3 Å². The van der Waals surface area contributed by atoms with E-state index in [4.69, 9.17) is 0 Å². The third kappa shape index (κ3) is 6.09. The van der Waals surface area contributed by atoms with E-state index in [0.717, 1.165) is 36.4 Å². The summed E-state index contributed by atoms with van der Waals surface area (Å²) in [6, 6.07) is 16.4. The molecule has 0 aromatic heterocycles. The average Bonchev–Trinajstić information content (AvgIpc) is 3.68. The van der Waals surface area contributed by atoms with Crippen LogP contribution in [0.1, 0.15) is 46.6 Å². The summed E-state index contributed by atoms with van der Waals surface area (Å²) in [7, 11) is 0. The smallest absolute Gasteiger partial charge is 0.251 e. The fourth-order valence-corrected chi connectivity index (χ4v) is 10.8. The number of benzene rings is 2. The van der Waals surface area contributed by atoms with Crippen LogP contribution < -0.4 is 9.80 Å². The van der Waals surface area contributed by atoms with Gasteiger partial charge in [0.05, 0.1) is 29.2 Å². The van der Waals surface area contributed by atoms with Crippen LogP contribution in [0.4, 0.5) is 11.4 Å². The van der Waals surface area contributed by atoms with Gasteiger partial charge < -0.3 is 24.7 Å². The third-order valence-corrected chi connectivity index (χ3v) is 12.8. The average molecular weight is 673 g/mol. The molecule has 0 aliphatic carbocycles. The van der Waals surface area contributed by atoms with Crippen LogP contribution in [0, 0.1) is 23.7 Å². The van der Waals surface area contributed by atoms with Gasteiger partial charge in [0.1, 0.15) is 6.04 Å². The van der Waals surface area contributed by atoms with E-state index in [1.165, 1.54) is 0 Å². The number of nitrogens with zero attached hydrogens (tertiary/aromatic N) is 4. The summed E-state index contributed by atoms with van der Waals surface area (Å²) in [5, 5.41) is 10.6. The minimum atomic E-state index is -0.846. The Kier molecular flexibility index (Phi) is 11.1. The van der Waals surface area contributed by atoms with E-state index >= 15 is 4.79 Å². The lowest BCUT2D eigenvalue weighted by atomic mass is 9.65. The normalized spacial score (nSPS) is 26.4. The second kappa shape index (κ2) is 14.9. The fraction of sp³-hybridized carbons (Fsp3) is 0.513. The second-order valence-electron chi connectivity index (χ2n) is 13.7. The van der Waals surface area contributed by atoms with Crippen molar-refractivity contribution in [3.05, 3.63) is 85.5 Å². The number of aliphatic hydroxyl groups excluding tert-OH is 1. The van der Waals surface area contributed by atoms with Crippen LogP contribution in [0.15, 0.2) is 79.9 Å². The van der Waals surface area contributed by atoms with E-state index < -0.39 is 28.7 Å². The molecule has 1 spiro atoms. The largest absolute Gasteiger partial charge is 0.394 e. The van der Waals surface area contributed by atoms with Crippen LogP contribution in [0.25, 0.3) is 0 Å². The van der Waals surface area contributed by atoms with Gasteiger partial charge >= 0.3 is 0 Å². The number of carbonyl (C=O) groups excluding carboxylic acids is 3. The van der Waals surface area contributed by atoms with Crippen molar-refractivity contribution < 1.29 is 19.5 Å². The van der Waals surface area contributed by atoms with Crippen molar-refractivity contribution in [3.63, 3.8) is 0 Å². The van der Waals surface area contributed by atoms with Gasteiger partial charge in [0.15, 0.2) is 0 Å². The number of likely N-dealkylation sites (tertiary alicyclic amines) is 1. The van der Waals surface area contributed by atoms with Crippen LogP contribution in [-0.4, -0.2) is 87.5 Å². The molecule has 7 atom stereocenters. The van der Waals surface area contributed by atoms with Crippen LogP contribution in [0.5, 0.6) is 0 Å². The molecular weight excluding hydrogens is 621 g/mol. The number of thioether (sulfide) groups is 1. The van der Waals surface area contributed by atoms with Crippen molar-refractivity contribution in [1.82, 2.24) is 9.80 Å². The van der Waals surface area contributed by atoms with E-state index in [9.17, 15) is 14.7 Å². The Hall–Kier alpha value is -3.56. The molecule has 8 nitrogen and oxygen atoms in total. The zero-order valence-electron chi connectivity index (χ0n) is 29.1. The Bertz CT molecular complexity index is 1480. The van der Waals surface area contributed by atoms with Gasteiger partial charge in [-0.1, -0.05) is 63.3 Å². The van der Waals surface area contributed by atoms with Crippen LogP contribution >= 0.6 is 11.8 Å². The highest BCUT2D eigenvalue weighted by atomic mass is 32.2. The first-order valence-electron chi connectivity index (χ1n) is 17.4. The molecule has 3 amide bonds. The summed E-state index contributed by atoms with van der Waals surface area (Å²) in [5.41, 5.74) is 2.81. The Morgan fingerprint density at radius 2 is 1.62 bits per heavy atom. The molecule has 3 heterocycles. The Morgan fingerprint density at radius 3 is 2.19 bits per heavy atom. The van der Waals surface area contributed by atoms with Crippen LogP contribution in [0.2, 0.25) is 0 Å². The Balaban J connectivity index is 1.58. The molecule has 3 aliphatic rings. The Labute approximate surface area is 290 Å². The third-order valence-electron chi connectivity index (χ3n) is 10.8. The second-order valence-corrected chi connectivity index (χ2v) is 15.3. The highest BCUT2D eigenvalue weighted by Gasteiger charge is 2.77. The first-order valence-corrected chi connectivity index (χ1v) is 18.3. The van der Waals surface area contributed by atoms with Crippen molar-refractivity contribution in [2.75, 3.05) is 42.6 Å². The minimum Gasteiger partial charge on any atom is -0.394 e. The highest BCUT2D eigenvalue weighted by molar-refractivity contribution is 8.02. The van der Waals surface area contributed by atoms with Crippen molar-refractivity contribution in [1.29, 1.82) is 0 Å². The zero-order valence-corrected chi connectivity index (χ0v) is 29.9. The van der Waals surface area contributed by atoms with Gasteiger partial charge in [-0.2, -0.15) is 0 Å². The number of rotatable bonds is 15. The standard InChI is InChI=1S/C39H52N4O4S/c1-8-21-41(24-28-15-13-12-14-16-28)36(45)33-32-23-27(7)39(48-32)34(33)37(46)43(31(25-44)26(5)6)35(39)38(47)42(22-9-2)30-19-17-29(18-20-30)40(10-3)11-4/h8-9,12-20,26-27,31-35,44H,1-2,10-11,21-25H2,3-7H3/t27?,31-,32+,33-,34-,35?,39?/m0/s1. The van der Waals surface area contributed by atoms with Gasteiger partial charge in [-0.3, -0.25) is 14.4 Å². The number of hydrogen-bond donors (Lipinski definition) is 1. The quantitative estimate of drug-likeness (QED) is 0.248. The van der Waals surface area contributed by atoms with Gasteiger partial charge in [-0.15, -0.1) is 24.9 Å². The van der Waals surface area contributed by atoms with E-state index in [-0.39, 0.29) is 48.0 Å². The molecule has 258 valence electrons. The number of anilines is 2. The van der Waals surface area contributed by atoms with E-state index in [2.05, 4.69) is 38.8 Å².